The number of hydrogen-bond donors (Lipinski definition) is 0. The van der Waals surface area contributed by atoms with E-state index in [4.69, 9.17) is 0 Å². The van der Waals surface area contributed by atoms with E-state index in [0.29, 0.717) is 13.8 Å². The summed E-state index contributed by atoms with van der Waals surface area (Å²) >= 11 is 0.630. The second-order valence-corrected chi connectivity index (χ2v) is 8.32. The van der Waals surface area contributed by atoms with Crippen molar-refractivity contribution in [3.8, 4) is 0 Å². The zero-order chi connectivity index (χ0) is 11.5. The third kappa shape index (κ3) is 7.38. The van der Waals surface area contributed by atoms with E-state index in [1.807, 2.05) is 0 Å². The van der Waals surface area contributed by atoms with Crippen molar-refractivity contribution in [2.24, 2.45) is 0 Å². The molecular formula is C14H22SSe. The molecule has 0 spiro atoms. The first-order valence-corrected chi connectivity index (χ1v) is 10.1. The van der Waals surface area contributed by atoms with Crippen LogP contribution in [0.25, 0.3) is 0 Å². The van der Waals surface area contributed by atoms with E-state index in [9.17, 15) is 0 Å². The molecule has 0 aliphatic heterocycles. The summed E-state index contributed by atoms with van der Waals surface area (Å²) in [6, 6.07) is 10.9. The summed E-state index contributed by atoms with van der Waals surface area (Å²) in [6.45, 7) is 2.28. The molecule has 0 saturated heterocycles. The van der Waals surface area contributed by atoms with E-state index in [2.05, 4.69) is 47.4 Å². The Labute approximate surface area is 110 Å². The Morgan fingerprint density at radius 3 is 2.38 bits per heavy atom. The maximum absolute atomic E-state index is 2.28. The molecular weight excluding hydrogens is 279 g/mol. The minimum atomic E-state index is 0.630. The van der Waals surface area contributed by atoms with Crippen molar-refractivity contribution in [2.45, 2.75) is 45.4 Å². The second-order valence-electron chi connectivity index (χ2n) is 3.99. The van der Waals surface area contributed by atoms with Gasteiger partial charge in [0.2, 0.25) is 0 Å². The van der Waals surface area contributed by atoms with Gasteiger partial charge in [0.1, 0.15) is 0 Å². The molecule has 0 N–H and O–H groups in total. The van der Waals surface area contributed by atoms with Gasteiger partial charge in [-0.2, -0.15) is 0 Å². The van der Waals surface area contributed by atoms with Gasteiger partial charge in [0.25, 0.3) is 0 Å². The Hall–Kier alpha value is 0.0895. The molecule has 0 nitrogen and oxygen atoms in total. The Morgan fingerprint density at radius 1 is 0.938 bits per heavy atom. The molecule has 0 aliphatic carbocycles. The molecule has 0 heterocycles. The van der Waals surface area contributed by atoms with Crippen molar-refractivity contribution in [3.05, 3.63) is 30.3 Å². The molecule has 16 heavy (non-hydrogen) atoms. The quantitative estimate of drug-likeness (QED) is 0.490. The van der Waals surface area contributed by atoms with Gasteiger partial charge in [-0.25, -0.2) is 0 Å². The van der Waals surface area contributed by atoms with Gasteiger partial charge < -0.3 is 0 Å². The van der Waals surface area contributed by atoms with Crippen LogP contribution in [-0.2, 0) is 0 Å². The summed E-state index contributed by atoms with van der Waals surface area (Å²) in [7, 11) is 2.13. The normalized spacial score (nSPS) is 10.6. The average molecular weight is 301 g/mol. The number of rotatable bonds is 9. The molecule has 0 unspecified atom stereocenters. The summed E-state index contributed by atoms with van der Waals surface area (Å²) in [5, 5.41) is 0. The van der Waals surface area contributed by atoms with Crippen molar-refractivity contribution in [3.63, 3.8) is 0 Å². The Bertz CT molecular complexity index is 248. The second kappa shape index (κ2) is 10.3. The SMILES string of the molecule is CCCCCCCCS[Se]c1ccccc1. The topological polar surface area (TPSA) is 0 Å². The van der Waals surface area contributed by atoms with E-state index in [1.165, 1.54) is 48.7 Å². The predicted molar refractivity (Wildman–Crippen MR) is 77.7 cm³/mol. The number of unbranched alkanes of at least 4 members (excludes halogenated alkanes) is 5. The summed E-state index contributed by atoms with van der Waals surface area (Å²) in [5.74, 6) is 1.35. The van der Waals surface area contributed by atoms with Crippen molar-refractivity contribution in [2.75, 3.05) is 5.75 Å². The van der Waals surface area contributed by atoms with Crippen LogP contribution in [0.1, 0.15) is 45.4 Å². The molecule has 0 radical (unpaired) electrons. The molecule has 0 aromatic heterocycles. The summed E-state index contributed by atoms with van der Waals surface area (Å²) < 4.78 is 1.52. The first-order chi connectivity index (χ1) is 7.93. The minimum absolute atomic E-state index is 0.630. The molecule has 1 aromatic carbocycles. The summed E-state index contributed by atoms with van der Waals surface area (Å²) in [5.41, 5.74) is 0. The monoisotopic (exact) mass is 302 g/mol. The zero-order valence-corrected chi connectivity index (χ0v) is 12.7. The average Bonchev–Trinajstić information content (AvgIpc) is 2.34. The molecule has 1 aromatic rings. The van der Waals surface area contributed by atoms with Crippen LogP contribution in [0.5, 0.6) is 0 Å². The molecule has 2 heteroatoms. The van der Waals surface area contributed by atoms with E-state index in [1.54, 1.807) is 0 Å². The molecule has 90 valence electrons. The molecule has 0 amide bonds. The van der Waals surface area contributed by atoms with Crippen LogP contribution < -0.4 is 4.46 Å². The molecule has 0 aliphatic rings. The van der Waals surface area contributed by atoms with Gasteiger partial charge in [-0.3, -0.25) is 0 Å². The van der Waals surface area contributed by atoms with Crippen LogP contribution in [0, 0.1) is 0 Å². The number of hydrogen-bond acceptors (Lipinski definition) is 1. The third-order valence-electron chi connectivity index (χ3n) is 2.48. The Morgan fingerprint density at radius 2 is 1.62 bits per heavy atom. The van der Waals surface area contributed by atoms with Crippen LogP contribution in [-0.4, -0.2) is 19.6 Å². The van der Waals surface area contributed by atoms with Crippen molar-refractivity contribution in [1.29, 1.82) is 0 Å². The standard InChI is InChI=1S/C14H22SSe/c1-2-3-4-5-6-10-13-15-16-14-11-8-7-9-12-14/h7-9,11-12H,2-6,10,13H2,1H3. The van der Waals surface area contributed by atoms with Gasteiger partial charge in [-0.1, -0.05) is 0 Å². The van der Waals surface area contributed by atoms with E-state index < -0.39 is 0 Å². The zero-order valence-electron chi connectivity index (χ0n) is 10.2. The van der Waals surface area contributed by atoms with Crippen LogP contribution in [0.3, 0.4) is 0 Å². The Balaban J connectivity index is 1.89. The van der Waals surface area contributed by atoms with Crippen molar-refractivity contribution in [1.82, 2.24) is 0 Å². The fraction of sp³-hybridized carbons (Fsp3) is 0.571. The van der Waals surface area contributed by atoms with Crippen molar-refractivity contribution >= 4 is 28.5 Å². The molecule has 0 atom stereocenters. The first-order valence-electron chi connectivity index (χ1n) is 6.28. The summed E-state index contributed by atoms with van der Waals surface area (Å²) in [6.07, 6.45) is 8.48. The molecule has 0 saturated carbocycles. The van der Waals surface area contributed by atoms with Gasteiger partial charge in [0, 0.05) is 0 Å². The van der Waals surface area contributed by atoms with Crippen LogP contribution in [0.2, 0.25) is 0 Å². The van der Waals surface area contributed by atoms with E-state index >= 15 is 0 Å². The van der Waals surface area contributed by atoms with Gasteiger partial charge in [0.15, 0.2) is 0 Å². The molecule has 0 bridgehead atoms. The third-order valence-corrected chi connectivity index (χ3v) is 6.82. The van der Waals surface area contributed by atoms with Crippen LogP contribution >= 0.6 is 10.2 Å². The van der Waals surface area contributed by atoms with E-state index in [0.717, 1.165) is 0 Å². The van der Waals surface area contributed by atoms with Crippen LogP contribution in [0.15, 0.2) is 30.3 Å². The van der Waals surface area contributed by atoms with Gasteiger partial charge in [-0.15, -0.1) is 0 Å². The molecule has 0 fully saturated rings. The summed E-state index contributed by atoms with van der Waals surface area (Å²) in [4.78, 5) is 0. The first kappa shape index (κ1) is 14.2. The molecule has 1 rings (SSSR count). The van der Waals surface area contributed by atoms with E-state index in [-0.39, 0.29) is 0 Å². The number of benzene rings is 1. The van der Waals surface area contributed by atoms with Gasteiger partial charge >= 0.3 is 110 Å². The predicted octanol–water partition coefficient (Wildman–Crippen LogP) is 4.02. The maximum atomic E-state index is 2.28. The van der Waals surface area contributed by atoms with Gasteiger partial charge in [0.05, 0.1) is 0 Å². The fourth-order valence-electron chi connectivity index (χ4n) is 1.53. The fourth-order valence-corrected chi connectivity index (χ4v) is 5.33. The van der Waals surface area contributed by atoms with Crippen molar-refractivity contribution < 1.29 is 0 Å². The van der Waals surface area contributed by atoms with Crippen LogP contribution in [0.4, 0.5) is 0 Å². The van der Waals surface area contributed by atoms with Gasteiger partial charge in [-0.05, 0) is 0 Å². The Kier molecular flexibility index (Phi) is 9.07.